The molecule has 0 saturated heterocycles. The van der Waals surface area contributed by atoms with E-state index < -0.39 is 5.54 Å². The largest absolute Gasteiger partial charge is 0.297 e. The van der Waals surface area contributed by atoms with Crippen molar-refractivity contribution in [2.24, 2.45) is 0 Å². The van der Waals surface area contributed by atoms with Crippen LogP contribution in [0.3, 0.4) is 0 Å². The van der Waals surface area contributed by atoms with Crippen molar-refractivity contribution >= 4 is 11.8 Å². The summed E-state index contributed by atoms with van der Waals surface area (Å²) in [4.78, 5) is 1.35. The molecular weight excluding hydrogens is 252 g/mol. The van der Waals surface area contributed by atoms with E-state index in [1.165, 1.54) is 10.5 Å². The molecule has 0 bridgehead atoms. The van der Waals surface area contributed by atoms with Crippen LogP contribution in [0.25, 0.3) is 0 Å². The van der Waals surface area contributed by atoms with Gasteiger partial charge in [0.15, 0.2) is 0 Å². The van der Waals surface area contributed by atoms with Gasteiger partial charge >= 0.3 is 0 Å². The fraction of sp³-hybridized carbons (Fsp3) is 0.562. The van der Waals surface area contributed by atoms with E-state index in [9.17, 15) is 5.26 Å². The number of nitrogens with zero attached hydrogens (tertiary/aromatic N) is 1. The second kappa shape index (κ2) is 7.57. The molecule has 0 aliphatic heterocycles. The van der Waals surface area contributed by atoms with Crippen LogP contribution in [0.4, 0.5) is 0 Å². The summed E-state index contributed by atoms with van der Waals surface area (Å²) in [6, 6.07) is 11.2. The Bertz CT molecular complexity index is 437. The zero-order valence-corrected chi connectivity index (χ0v) is 13.2. The van der Waals surface area contributed by atoms with Gasteiger partial charge in [-0.2, -0.15) is 5.26 Å². The Labute approximate surface area is 121 Å². The molecule has 0 heterocycles. The van der Waals surface area contributed by atoms with Crippen LogP contribution in [0, 0.1) is 18.3 Å². The molecule has 1 unspecified atom stereocenters. The minimum Gasteiger partial charge on any atom is -0.297 e. The minimum absolute atomic E-state index is 0.341. The number of hydrogen-bond donors (Lipinski definition) is 1. The van der Waals surface area contributed by atoms with Crippen LogP contribution in [0.5, 0.6) is 0 Å². The van der Waals surface area contributed by atoms with Crippen molar-refractivity contribution in [3.63, 3.8) is 0 Å². The van der Waals surface area contributed by atoms with E-state index in [4.69, 9.17) is 0 Å². The van der Waals surface area contributed by atoms with Gasteiger partial charge in [-0.15, -0.1) is 11.8 Å². The van der Waals surface area contributed by atoms with Gasteiger partial charge in [0.1, 0.15) is 5.54 Å². The number of nitrogens with one attached hydrogen (secondary N) is 1. The van der Waals surface area contributed by atoms with Crippen LogP contribution in [0.2, 0.25) is 0 Å². The van der Waals surface area contributed by atoms with Gasteiger partial charge in [0, 0.05) is 10.9 Å². The van der Waals surface area contributed by atoms with E-state index in [-0.39, 0.29) is 0 Å². The summed E-state index contributed by atoms with van der Waals surface area (Å²) in [6.07, 6.45) is 1.93. The maximum Gasteiger partial charge on any atom is 0.104 e. The summed E-state index contributed by atoms with van der Waals surface area (Å²) in [5, 5.41) is 12.6. The van der Waals surface area contributed by atoms with E-state index in [1.54, 1.807) is 0 Å². The second-order valence-corrected chi connectivity index (χ2v) is 6.60. The third-order valence-corrected chi connectivity index (χ3v) is 4.29. The molecule has 0 fully saturated rings. The molecule has 0 aliphatic rings. The molecule has 1 atom stereocenters. The van der Waals surface area contributed by atoms with Crippen LogP contribution in [0.1, 0.15) is 39.2 Å². The second-order valence-electron chi connectivity index (χ2n) is 5.46. The Hall–Kier alpha value is -0.980. The molecule has 104 valence electrons. The van der Waals surface area contributed by atoms with Gasteiger partial charge in [-0.3, -0.25) is 5.32 Å². The highest BCUT2D eigenvalue weighted by Crippen LogP contribution is 2.24. The van der Waals surface area contributed by atoms with Crippen LogP contribution in [-0.4, -0.2) is 17.3 Å². The molecule has 0 aromatic heterocycles. The van der Waals surface area contributed by atoms with E-state index in [2.05, 4.69) is 56.4 Å². The molecular formula is C16H24N2S. The molecule has 1 aromatic rings. The van der Waals surface area contributed by atoms with Crippen molar-refractivity contribution in [3.05, 3.63) is 29.8 Å². The van der Waals surface area contributed by atoms with Gasteiger partial charge in [-0.25, -0.2) is 0 Å². The zero-order valence-electron chi connectivity index (χ0n) is 12.4. The monoisotopic (exact) mass is 276 g/mol. The Morgan fingerprint density at radius 1 is 1.37 bits per heavy atom. The maximum absolute atomic E-state index is 9.28. The van der Waals surface area contributed by atoms with Crippen molar-refractivity contribution < 1.29 is 0 Å². The van der Waals surface area contributed by atoms with E-state index in [0.717, 1.165) is 18.6 Å². The number of aryl methyl sites for hydroxylation is 1. The average molecular weight is 276 g/mol. The normalized spacial score (nSPS) is 14.1. The summed E-state index contributed by atoms with van der Waals surface area (Å²) in [5.41, 5.74) is 0.927. The smallest absolute Gasteiger partial charge is 0.104 e. The van der Waals surface area contributed by atoms with E-state index in [0.29, 0.717) is 6.04 Å². The zero-order chi connectivity index (χ0) is 14.3. The van der Waals surface area contributed by atoms with E-state index >= 15 is 0 Å². The number of benzene rings is 1. The number of nitriles is 1. The molecule has 0 radical (unpaired) electrons. The highest BCUT2D eigenvalue weighted by atomic mass is 32.2. The van der Waals surface area contributed by atoms with Crippen molar-refractivity contribution in [2.45, 2.75) is 57.0 Å². The van der Waals surface area contributed by atoms with Crippen LogP contribution in [0.15, 0.2) is 29.2 Å². The third kappa shape index (κ3) is 5.67. The van der Waals surface area contributed by atoms with Gasteiger partial charge in [0.05, 0.1) is 6.07 Å². The fourth-order valence-electron chi connectivity index (χ4n) is 2.12. The number of thioether (sulfide) groups is 1. The summed E-state index contributed by atoms with van der Waals surface area (Å²) in [6.45, 7) is 8.29. The molecule has 0 amide bonds. The molecule has 1 N–H and O–H groups in total. The maximum atomic E-state index is 9.28. The van der Waals surface area contributed by atoms with Crippen molar-refractivity contribution in [2.75, 3.05) is 5.75 Å². The molecule has 1 rings (SSSR count). The van der Waals surface area contributed by atoms with Crippen molar-refractivity contribution in [1.29, 1.82) is 5.26 Å². The van der Waals surface area contributed by atoms with Crippen LogP contribution in [-0.2, 0) is 0 Å². The lowest BCUT2D eigenvalue weighted by atomic mass is 9.97. The first-order valence-electron chi connectivity index (χ1n) is 6.84. The van der Waals surface area contributed by atoms with Gasteiger partial charge in [0.2, 0.25) is 0 Å². The first-order chi connectivity index (χ1) is 8.97. The summed E-state index contributed by atoms with van der Waals surface area (Å²) in [7, 11) is 0. The van der Waals surface area contributed by atoms with Crippen LogP contribution < -0.4 is 5.32 Å². The van der Waals surface area contributed by atoms with Gasteiger partial charge in [0.25, 0.3) is 0 Å². The Balaban J connectivity index is 2.38. The molecule has 0 aliphatic carbocycles. The topological polar surface area (TPSA) is 35.8 Å². The SMILES string of the molecule is Cc1ccccc1SCCCC(C)(C#N)NC(C)C. The summed E-state index contributed by atoms with van der Waals surface area (Å²) in [5.74, 6) is 1.06. The number of hydrogen-bond acceptors (Lipinski definition) is 3. The molecule has 3 heteroatoms. The minimum atomic E-state index is -0.402. The molecule has 19 heavy (non-hydrogen) atoms. The fourth-order valence-corrected chi connectivity index (χ4v) is 3.10. The van der Waals surface area contributed by atoms with Gasteiger partial charge < -0.3 is 0 Å². The highest BCUT2D eigenvalue weighted by Gasteiger charge is 2.23. The lowest BCUT2D eigenvalue weighted by Gasteiger charge is -2.25. The lowest BCUT2D eigenvalue weighted by molar-refractivity contribution is 0.380. The van der Waals surface area contributed by atoms with E-state index in [1.807, 2.05) is 18.7 Å². The quantitative estimate of drug-likeness (QED) is 0.600. The van der Waals surface area contributed by atoms with Crippen LogP contribution >= 0.6 is 11.8 Å². The molecule has 2 nitrogen and oxygen atoms in total. The lowest BCUT2D eigenvalue weighted by Crippen LogP contribution is -2.44. The first-order valence-corrected chi connectivity index (χ1v) is 7.83. The molecule has 0 spiro atoms. The summed E-state index contributed by atoms with van der Waals surface area (Å²) < 4.78 is 0. The molecule has 1 aromatic carbocycles. The predicted molar refractivity (Wildman–Crippen MR) is 83.4 cm³/mol. The third-order valence-electron chi connectivity index (χ3n) is 3.03. The Morgan fingerprint density at radius 2 is 2.05 bits per heavy atom. The average Bonchev–Trinajstić information content (AvgIpc) is 2.36. The van der Waals surface area contributed by atoms with Crippen molar-refractivity contribution in [1.82, 2.24) is 5.32 Å². The number of rotatable bonds is 7. The standard InChI is InChI=1S/C16H24N2S/c1-13(2)18-16(4,12-17)10-7-11-19-15-9-6-5-8-14(15)3/h5-6,8-9,13,18H,7,10-11H2,1-4H3. The Kier molecular flexibility index (Phi) is 6.41. The first kappa shape index (κ1) is 16.1. The van der Waals surface area contributed by atoms with Crippen molar-refractivity contribution in [3.8, 4) is 6.07 Å². The predicted octanol–water partition coefficient (Wildman–Crippen LogP) is 4.15. The van der Waals surface area contributed by atoms with Gasteiger partial charge in [-0.1, -0.05) is 18.2 Å². The Morgan fingerprint density at radius 3 is 2.63 bits per heavy atom. The summed E-state index contributed by atoms with van der Waals surface area (Å²) >= 11 is 1.88. The molecule has 0 saturated carbocycles. The van der Waals surface area contributed by atoms with Gasteiger partial charge in [-0.05, 0) is 57.9 Å². The highest BCUT2D eigenvalue weighted by molar-refractivity contribution is 7.99.